The van der Waals surface area contributed by atoms with Gasteiger partial charge in [-0.2, -0.15) is 0 Å². The van der Waals surface area contributed by atoms with E-state index < -0.39 is 0 Å². The topological polar surface area (TPSA) is 58.4 Å². The highest BCUT2D eigenvalue weighted by Crippen LogP contribution is 2.19. The molecule has 1 heterocycles. The van der Waals surface area contributed by atoms with E-state index in [0.29, 0.717) is 17.5 Å². The Morgan fingerprint density at radius 1 is 1.55 bits per heavy atom. The number of anilines is 1. The smallest absolute Gasteiger partial charge is 0.238 e. The molecule has 2 unspecified atom stereocenters. The predicted molar refractivity (Wildman–Crippen MR) is 82.9 cm³/mol. The lowest BCUT2D eigenvalue weighted by molar-refractivity contribution is -0.117. The predicted octanol–water partition coefficient (Wildman–Crippen LogP) is 2.34. The molecule has 1 aliphatic rings. The van der Waals surface area contributed by atoms with E-state index in [2.05, 4.69) is 17.1 Å². The van der Waals surface area contributed by atoms with Gasteiger partial charge >= 0.3 is 0 Å². The van der Waals surface area contributed by atoms with E-state index in [-0.39, 0.29) is 11.9 Å². The molecule has 1 aliphatic heterocycles. The molecule has 0 spiro atoms. The Morgan fingerprint density at radius 2 is 2.35 bits per heavy atom. The molecule has 0 aliphatic carbocycles. The fourth-order valence-electron chi connectivity index (χ4n) is 2.67. The molecule has 5 heteroatoms. The van der Waals surface area contributed by atoms with E-state index in [9.17, 15) is 4.79 Å². The van der Waals surface area contributed by atoms with Gasteiger partial charge < -0.3 is 11.1 Å². The van der Waals surface area contributed by atoms with Gasteiger partial charge in [0.15, 0.2) is 0 Å². The van der Waals surface area contributed by atoms with Crippen LogP contribution in [0.4, 0.5) is 5.69 Å². The van der Waals surface area contributed by atoms with Gasteiger partial charge in [-0.25, -0.2) is 0 Å². The van der Waals surface area contributed by atoms with E-state index >= 15 is 0 Å². The van der Waals surface area contributed by atoms with Crippen LogP contribution in [0.15, 0.2) is 24.3 Å². The minimum atomic E-state index is -0.00223. The van der Waals surface area contributed by atoms with Crippen LogP contribution in [0.1, 0.15) is 19.8 Å². The average Bonchev–Trinajstić information content (AvgIpc) is 2.41. The minimum Gasteiger partial charge on any atom is -0.327 e. The van der Waals surface area contributed by atoms with Gasteiger partial charge in [0.25, 0.3) is 0 Å². The summed E-state index contributed by atoms with van der Waals surface area (Å²) in [6, 6.07) is 7.47. The number of nitrogens with one attached hydrogen (secondary N) is 1. The molecule has 1 saturated heterocycles. The van der Waals surface area contributed by atoms with Crippen LogP contribution < -0.4 is 11.1 Å². The lowest BCUT2D eigenvalue weighted by Gasteiger charge is -2.36. The molecular formula is C15H22ClN3O. The van der Waals surface area contributed by atoms with Crippen LogP contribution in [0.5, 0.6) is 0 Å². The molecule has 1 fully saturated rings. The quantitative estimate of drug-likeness (QED) is 0.896. The molecule has 1 aromatic rings. The van der Waals surface area contributed by atoms with Gasteiger partial charge in [0, 0.05) is 29.8 Å². The summed E-state index contributed by atoms with van der Waals surface area (Å²) in [7, 11) is 0. The van der Waals surface area contributed by atoms with E-state index in [1.54, 1.807) is 12.1 Å². The van der Waals surface area contributed by atoms with Crippen molar-refractivity contribution < 1.29 is 4.79 Å². The second-order valence-corrected chi connectivity index (χ2v) is 5.85. The Bertz CT molecular complexity index is 466. The third-order valence-corrected chi connectivity index (χ3v) is 4.11. The fourth-order valence-corrected chi connectivity index (χ4v) is 2.86. The van der Waals surface area contributed by atoms with Gasteiger partial charge in [-0.3, -0.25) is 9.69 Å². The summed E-state index contributed by atoms with van der Waals surface area (Å²) < 4.78 is 0. The van der Waals surface area contributed by atoms with Crippen LogP contribution >= 0.6 is 11.6 Å². The van der Waals surface area contributed by atoms with Crippen LogP contribution in [-0.2, 0) is 4.79 Å². The highest BCUT2D eigenvalue weighted by molar-refractivity contribution is 6.30. The number of carbonyl (C=O) groups is 1. The zero-order valence-electron chi connectivity index (χ0n) is 11.8. The van der Waals surface area contributed by atoms with Crippen molar-refractivity contribution in [3.63, 3.8) is 0 Å². The van der Waals surface area contributed by atoms with Crippen LogP contribution in [0.25, 0.3) is 0 Å². The summed E-state index contributed by atoms with van der Waals surface area (Å²) in [5.74, 6) is 0.486. The monoisotopic (exact) mass is 295 g/mol. The van der Waals surface area contributed by atoms with Crippen LogP contribution in [0.2, 0.25) is 5.02 Å². The Kier molecular flexibility index (Phi) is 5.40. The maximum absolute atomic E-state index is 12.0. The number of halogens is 1. The second kappa shape index (κ2) is 7.07. The number of nitrogens with zero attached hydrogens (tertiary/aromatic N) is 1. The van der Waals surface area contributed by atoms with Crippen LogP contribution in [0, 0.1) is 5.92 Å². The van der Waals surface area contributed by atoms with Gasteiger partial charge in [-0.15, -0.1) is 0 Å². The third-order valence-electron chi connectivity index (χ3n) is 3.88. The summed E-state index contributed by atoms with van der Waals surface area (Å²) in [6.45, 7) is 4.36. The summed E-state index contributed by atoms with van der Waals surface area (Å²) in [5, 5.41) is 3.50. The molecule has 0 saturated carbocycles. The molecule has 0 radical (unpaired) electrons. The Labute approximate surface area is 125 Å². The zero-order chi connectivity index (χ0) is 14.5. The van der Waals surface area contributed by atoms with E-state index in [1.807, 2.05) is 12.1 Å². The lowest BCUT2D eigenvalue weighted by atomic mass is 9.91. The first-order chi connectivity index (χ1) is 9.58. The number of likely N-dealkylation sites (tertiary alicyclic amines) is 1. The van der Waals surface area contributed by atoms with Crippen molar-refractivity contribution >= 4 is 23.2 Å². The zero-order valence-corrected chi connectivity index (χ0v) is 12.6. The highest BCUT2D eigenvalue weighted by atomic mass is 35.5. The molecule has 1 amide bonds. The number of hydrogen-bond acceptors (Lipinski definition) is 3. The fraction of sp³-hybridized carbons (Fsp3) is 0.533. The van der Waals surface area contributed by atoms with Crippen molar-refractivity contribution in [2.24, 2.45) is 11.7 Å². The third kappa shape index (κ3) is 4.20. The van der Waals surface area contributed by atoms with Gasteiger partial charge in [0.1, 0.15) is 0 Å². The van der Waals surface area contributed by atoms with E-state index in [0.717, 1.165) is 31.6 Å². The lowest BCUT2D eigenvalue weighted by Crippen LogP contribution is -2.48. The first-order valence-corrected chi connectivity index (χ1v) is 7.49. The number of rotatable bonds is 4. The van der Waals surface area contributed by atoms with Gasteiger partial charge in [-0.1, -0.05) is 31.0 Å². The Hall–Kier alpha value is -1.10. The van der Waals surface area contributed by atoms with Crippen molar-refractivity contribution in [1.82, 2.24) is 4.90 Å². The normalized spacial score (nSPS) is 23.6. The van der Waals surface area contributed by atoms with Gasteiger partial charge in [-0.05, 0) is 30.5 Å². The number of benzene rings is 1. The molecule has 3 N–H and O–H groups in total. The second-order valence-electron chi connectivity index (χ2n) is 5.41. The standard InChI is InChI=1S/C15H22ClN3O/c1-2-11-9-19(7-6-14(11)17)10-15(20)18-13-5-3-4-12(16)8-13/h3-5,8,11,14H,2,6-7,9-10,17H2,1H3,(H,18,20). The maximum Gasteiger partial charge on any atom is 0.238 e. The van der Waals surface area contributed by atoms with Crippen LogP contribution in [-0.4, -0.2) is 36.5 Å². The number of nitrogens with two attached hydrogens (primary N) is 1. The summed E-state index contributed by atoms with van der Waals surface area (Å²) in [5.41, 5.74) is 6.82. The number of piperidine rings is 1. The molecular weight excluding hydrogens is 274 g/mol. The Balaban J connectivity index is 1.85. The van der Waals surface area contributed by atoms with Crippen molar-refractivity contribution in [2.75, 3.05) is 25.0 Å². The van der Waals surface area contributed by atoms with Gasteiger partial charge in [0.2, 0.25) is 5.91 Å². The average molecular weight is 296 g/mol. The van der Waals surface area contributed by atoms with E-state index in [4.69, 9.17) is 17.3 Å². The molecule has 20 heavy (non-hydrogen) atoms. The molecule has 0 bridgehead atoms. The summed E-state index contributed by atoms with van der Waals surface area (Å²) in [6.07, 6.45) is 2.02. The largest absolute Gasteiger partial charge is 0.327 e. The van der Waals surface area contributed by atoms with E-state index in [1.165, 1.54) is 0 Å². The highest BCUT2D eigenvalue weighted by Gasteiger charge is 2.26. The number of amides is 1. The summed E-state index contributed by atoms with van der Waals surface area (Å²) >= 11 is 5.90. The Morgan fingerprint density at radius 3 is 3.05 bits per heavy atom. The van der Waals surface area contributed by atoms with Crippen LogP contribution in [0.3, 0.4) is 0 Å². The number of carbonyl (C=O) groups excluding carboxylic acids is 1. The maximum atomic E-state index is 12.0. The van der Waals surface area contributed by atoms with Gasteiger partial charge in [0.05, 0.1) is 6.54 Å². The molecule has 1 aromatic carbocycles. The molecule has 110 valence electrons. The first-order valence-electron chi connectivity index (χ1n) is 7.12. The van der Waals surface area contributed by atoms with Crippen molar-refractivity contribution in [3.05, 3.63) is 29.3 Å². The molecule has 2 rings (SSSR count). The molecule has 4 nitrogen and oxygen atoms in total. The molecule has 2 atom stereocenters. The van der Waals surface area contributed by atoms with Crippen molar-refractivity contribution in [1.29, 1.82) is 0 Å². The minimum absolute atomic E-state index is 0.00223. The van der Waals surface area contributed by atoms with Crippen molar-refractivity contribution in [2.45, 2.75) is 25.8 Å². The SMILES string of the molecule is CCC1CN(CC(=O)Nc2cccc(Cl)c2)CCC1N. The number of hydrogen-bond donors (Lipinski definition) is 2. The molecule has 0 aromatic heterocycles. The van der Waals surface area contributed by atoms with Crippen molar-refractivity contribution in [3.8, 4) is 0 Å². The first kappa shape index (κ1) is 15.3. The summed E-state index contributed by atoms with van der Waals surface area (Å²) in [4.78, 5) is 14.2.